The molecular weight excluding hydrogens is 430 g/mol. The first-order chi connectivity index (χ1) is 16.4. The van der Waals surface area contributed by atoms with E-state index in [9.17, 15) is 14.9 Å². The van der Waals surface area contributed by atoms with Crippen molar-refractivity contribution in [3.8, 4) is 23.7 Å². The lowest BCUT2D eigenvalue weighted by molar-refractivity contribution is 0.0696. The molecule has 7 nitrogen and oxygen atoms in total. The van der Waals surface area contributed by atoms with Crippen LogP contribution in [0, 0.1) is 23.2 Å². The summed E-state index contributed by atoms with van der Waals surface area (Å²) in [6.07, 6.45) is 2.17. The van der Waals surface area contributed by atoms with Gasteiger partial charge in [0.2, 0.25) is 0 Å². The van der Waals surface area contributed by atoms with Crippen molar-refractivity contribution in [1.29, 1.82) is 5.26 Å². The molecule has 0 aliphatic carbocycles. The number of carbonyl (C=O) groups excluding carboxylic acids is 1. The van der Waals surface area contributed by atoms with E-state index in [0.717, 1.165) is 5.56 Å². The van der Waals surface area contributed by atoms with Gasteiger partial charge >= 0.3 is 5.97 Å². The monoisotopic (exact) mass is 451 g/mol. The normalized spacial score (nSPS) is 16.1. The van der Waals surface area contributed by atoms with Crippen molar-refractivity contribution < 1.29 is 19.4 Å². The lowest BCUT2D eigenvalue weighted by Crippen LogP contribution is -2.29. The van der Waals surface area contributed by atoms with Gasteiger partial charge in [0, 0.05) is 34.9 Å². The first-order valence-electron chi connectivity index (χ1n) is 10.6. The number of hydrogen-bond donors (Lipinski definition) is 2. The van der Waals surface area contributed by atoms with E-state index in [4.69, 9.17) is 9.84 Å². The van der Waals surface area contributed by atoms with Crippen LogP contribution in [0.15, 0.2) is 60.8 Å². The number of nitriles is 1. The van der Waals surface area contributed by atoms with Crippen LogP contribution >= 0.6 is 0 Å². The molecular formula is C27H21N3O4. The highest BCUT2D eigenvalue weighted by Gasteiger charge is 2.34. The number of ether oxygens (including phenoxy) is 1. The number of benzene rings is 2. The molecule has 168 valence electrons. The van der Waals surface area contributed by atoms with Crippen molar-refractivity contribution in [2.45, 2.75) is 25.3 Å². The van der Waals surface area contributed by atoms with E-state index in [1.165, 1.54) is 12.1 Å². The van der Waals surface area contributed by atoms with Gasteiger partial charge in [0.05, 0.1) is 35.9 Å². The summed E-state index contributed by atoms with van der Waals surface area (Å²) in [7, 11) is 0. The molecule has 2 aromatic carbocycles. The highest BCUT2D eigenvalue weighted by molar-refractivity contribution is 5.94. The van der Waals surface area contributed by atoms with Crippen LogP contribution in [0.1, 0.15) is 56.4 Å². The first-order valence-corrected chi connectivity index (χ1v) is 10.6. The molecule has 3 aromatic rings. The van der Waals surface area contributed by atoms with Gasteiger partial charge in [-0.05, 0) is 55.5 Å². The van der Waals surface area contributed by atoms with E-state index in [1.807, 2.05) is 6.92 Å². The summed E-state index contributed by atoms with van der Waals surface area (Å²) in [4.78, 5) is 28.1. The Morgan fingerprint density at radius 2 is 1.91 bits per heavy atom. The Labute approximate surface area is 197 Å². The first kappa shape index (κ1) is 22.6. The number of carboxylic acid groups (broad SMARTS) is 1. The quantitative estimate of drug-likeness (QED) is 0.586. The number of aromatic nitrogens is 1. The van der Waals surface area contributed by atoms with E-state index in [0.29, 0.717) is 41.2 Å². The van der Waals surface area contributed by atoms with Crippen LogP contribution in [0.2, 0.25) is 0 Å². The number of aromatic carboxylic acids is 1. The molecule has 4 rings (SSSR count). The van der Waals surface area contributed by atoms with Gasteiger partial charge in [0.15, 0.2) is 0 Å². The molecule has 1 aromatic heterocycles. The van der Waals surface area contributed by atoms with E-state index < -0.39 is 11.4 Å². The van der Waals surface area contributed by atoms with Gasteiger partial charge in [-0.25, -0.2) is 4.79 Å². The molecule has 1 atom stereocenters. The average Bonchev–Trinajstić information content (AvgIpc) is 2.86. The minimum absolute atomic E-state index is 0.175. The minimum atomic E-state index is -1.01. The van der Waals surface area contributed by atoms with E-state index in [-0.39, 0.29) is 18.0 Å². The molecule has 0 radical (unpaired) electrons. The molecule has 7 heteroatoms. The summed E-state index contributed by atoms with van der Waals surface area (Å²) < 4.78 is 5.64. The van der Waals surface area contributed by atoms with Crippen molar-refractivity contribution in [3.05, 3.63) is 94.3 Å². The van der Waals surface area contributed by atoms with Crippen LogP contribution in [0.4, 0.5) is 0 Å². The molecule has 1 unspecified atom stereocenters. The van der Waals surface area contributed by atoms with Crippen LogP contribution < -0.4 is 10.1 Å². The second kappa shape index (κ2) is 9.48. The fourth-order valence-corrected chi connectivity index (χ4v) is 3.64. The summed E-state index contributed by atoms with van der Waals surface area (Å²) in [5.74, 6) is 5.29. The lowest BCUT2D eigenvalue weighted by Gasteiger charge is -2.30. The van der Waals surface area contributed by atoms with Gasteiger partial charge in [-0.3, -0.25) is 9.78 Å². The van der Waals surface area contributed by atoms with Gasteiger partial charge in [0.25, 0.3) is 5.91 Å². The molecule has 2 heterocycles. The Bertz CT molecular complexity index is 1380. The highest BCUT2D eigenvalue weighted by Crippen LogP contribution is 2.38. The van der Waals surface area contributed by atoms with Crippen LogP contribution in [-0.2, 0) is 12.0 Å². The second-order valence-corrected chi connectivity index (χ2v) is 8.11. The Kier molecular flexibility index (Phi) is 6.29. The SMILES string of the molecule is CC1(C#N)CCOc2ccc(C(=O)NCc3cc(C#Cc4cccc(C(=O)O)c4)ccn3)cc21. The van der Waals surface area contributed by atoms with Crippen molar-refractivity contribution in [2.24, 2.45) is 0 Å². The number of rotatable bonds is 4. The van der Waals surface area contributed by atoms with Crippen molar-refractivity contribution in [3.63, 3.8) is 0 Å². The minimum Gasteiger partial charge on any atom is -0.493 e. The maximum atomic E-state index is 12.7. The standard InChI is InChI=1S/C27H21N3O4/c1-27(17-28)10-12-34-24-8-7-20(15-23(24)27)25(31)30-16-22-14-19(9-11-29-22)6-5-18-3-2-4-21(13-18)26(32)33/h2-4,7-9,11,13-15H,10,12,16H2,1H3,(H,30,31)(H,32,33). The average molecular weight is 451 g/mol. The molecule has 1 aliphatic rings. The largest absolute Gasteiger partial charge is 0.493 e. The molecule has 1 amide bonds. The van der Waals surface area contributed by atoms with Crippen LogP contribution in [-0.4, -0.2) is 28.6 Å². The maximum Gasteiger partial charge on any atom is 0.335 e. The summed E-state index contributed by atoms with van der Waals surface area (Å²) in [5, 5.41) is 21.6. The number of carbonyl (C=O) groups is 2. The van der Waals surface area contributed by atoms with E-state index in [1.54, 1.807) is 48.7 Å². The van der Waals surface area contributed by atoms with Crippen molar-refractivity contribution in [2.75, 3.05) is 6.61 Å². The third-order valence-electron chi connectivity index (χ3n) is 5.65. The van der Waals surface area contributed by atoms with Gasteiger partial charge < -0.3 is 15.2 Å². The molecule has 1 aliphatic heterocycles. The van der Waals surface area contributed by atoms with Gasteiger partial charge in [-0.2, -0.15) is 5.26 Å². The summed E-state index contributed by atoms with van der Waals surface area (Å²) in [6, 6.07) is 17.4. The van der Waals surface area contributed by atoms with Crippen LogP contribution in [0.25, 0.3) is 0 Å². The molecule has 0 bridgehead atoms. The fourth-order valence-electron chi connectivity index (χ4n) is 3.64. The number of carboxylic acids is 1. The van der Waals surface area contributed by atoms with Crippen LogP contribution in [0.5, 0.6) is 5.75 Å². The Hall–Kier alpha value is -4.62. The van der Waals surface area contributed by atoms with Gasteiger partial charge in [-0.15, -0.1) is 0 Å². The van der Waals surface area contributed by atoms with Crippen molar-refractivity contribution in [1.82, 2.24) is 10.3 Å². The highest BCUT2D eigenvalue weighted by atomic mass is 16.5. The number of nitrogens with one attached hydrogen (secondary N) is 1. The zero-order valence-electron chi connectivity index (χ0n) is 18.5. The molecule has 0 fully saturated rings. The third-order valence-corrected chi connectivity index (χ3v) is 5.65. The zero-order chi connectivity index (χ0) is 24.1. The number of pyridine rings is 1. The topological polar surface area (TPSA) is 112 Å². The van der Waals surface area contributed by atoms with E-state index in [2.05, 4.69) is 28.2 Å². The molecule has 0 saturated carbocycles. The summed E-state index contributed by atoms with van der Waals surface area (Å²) in [6.45, 7) is 2.52. The predicted octanol–water partition coefficient (Wildman–Crippen LogP) is 3.67. The van der Waals surface area contributed by atoms with E-state index >= 15 is 0 Å². The summed E-state index contributed by atoms with van der Waals surface area (Å²) >= 11 is 0. The number of amides is 1. The molecule has 0 saturated heterocycles. The smallest absolute Gasteiger partial charge is 0.335 e. The van der Waals surface area contributed by atoms with Gasteiger partial charge in [-0.1, -0.05) is 17.9 Å². The number of hydrogen-bond acceptors (Lipinski definition) is 5. The second-order valence-electron chi connectivity index (χ2n) is 8.11. The zero-order valence-corrected chi connectivity index (χ0v) is 18.5. The predicted molar refractivity (Wildman–Crippen MR) is 124 cm³/mol. The Morgan fingerprint density at radius 3 is 2.68 bits per heavy atom. The summed E-state index contributed by atoms with van der Waals surface area (Å²) in [5.41, 5.74) is 2.55. The Morgan fingerprint density at radius 1 is 1.12 bits per heavy atom. The fraction of sp³-hybridized carbons (Fsp3) is 0.185. The van der Waals surface area contributed by atoms with Crippen LogP contribution in [0.3, 0.4) is 0 Å². The molecule has 0 spiro atoms. The molecule has 34 heavy (non-hydrogen) atoms. The number of fused-ring (bicyclic) bond motifs is 1. The van der Waals surface area contributed by atoms with Gasteiger partial charge in [0.1, 0.15) is 5.75 Å². The lowest BCUT2D eigenvalue weighted by atomic mass is 9.78. The number of nitrogens with zero attached hydrogens (tertiary/aromatic N) is 2. The third kappa shape index (κ3) is 4.90. The van der Waals surface area contributed by atoms with Crippen molar-refractivity contribution >= 4 is 11.9 Å². The molecule has 2 N–H and O–H groups in total. The Balaban J connectivity index is 1.46. The maximum absolute atomic E-state index is 12.7.